The van der Waals surface area contributed by atoms with Crippen LogP contribution in [0.25, 0.3) is 32.9 Å². The lowest BCUT2D eigenvalue weighted by Crippen LogP contribution is -2.51. The number of hydrogen-bond acceptors (Lipinski definition) is 7. The molecule has 4 aromatic rings. The fraction of sp³-hybridized carbons (Fsp3) is 0.452. The maximum absolute atomic E-state index is 16.5. The van der Waals surface area contributed by atoms with E-state index >= 15 is 4.39 Å². The standard InChI is InChI=1S/C31H32F2N6O/c32-24-8-2-6-19-5-1-7-22(25(19)24)27-26(33)28-23(15-34-27)29(38-16-20-9-10-21(17-38)35-20)37-30(36-28)40-18-31-11-3-13-39(31)14-4-12-31/h1-2,5-8,15,20-21,35H,3-4,9-14,16-18H2. The summed E-state index contributed by atoms with van der Waals surface area (Å²) in [5.41, 5.74) is 0.672. The minimum atomic E-state index is -0.582. The Morgan fingerprint density at radius 3 is 2.50 bits per heavy atom. The van der Waals surface area contributed by atoms with Crippen molar-refractivity contribution in [3.05, 3.63) is 54.2 Å². The van der Waals surface area contributed by atoms with Crippen molar-refractivity contribution in [2.24, 2.45) is 0 Å². The SMILES string of the molecule is Fc1c(-c2cccc3cccc(F)c23)ncc2c(N3CC4CCC(C3)N4)nc(OCC34CCCN3CCC4)nc12. The third-order valence-corrected chi connectivity index (χ3v) is 9.55. The van der Waals surface area contributed by atoms with Gasteiger partial charge in [0, 0.05) is 42.3 Å². The largest absolute Gasteiger partial charge is 0.461 e. The van der Waals surface area contributed by atoms with Gasteiger partial charge in [0.1, 0.15) is 29.5 Å². The third kappa shape index (κ3) is 3.85. The van der Waals surface area contributed by atoms with Crippen molar-refractivity contribution in [1.29, 1.82) is 0 Å². The van der Waals surface area contributed by atoms with Crippen molar-refractivity contribution in [3.8, 4) is 17.3 Å². The molecule has 9 heteroatoms. The van der Waals surface area contributed by atoms with Gasteiger partial charge in [0.15, 0.2) is 5.82 Å². The highest BCUT2D eigenvalue weighted by Crippen LogP contribution is 2.40. The van der Waals surface area contributed by atoms with Gasteiger partial charge >= 0.3 is 6.01 Å². The van der Waals surface area contributed by atoms with Crippen LogP contribution in [0.5, 0.6) is 6.01 Å². The van der Waals surface area contributed by atoms with Crippen LogP contribution in [-0.4, -0.2) is 70.3 Å². The van der Waals surface area contributed by atoms with Crippen LogP contribution in [0.4, 0.5) is 14.6 Å². The predicted octanol–water partition coefficient (Wildman–Crippen LogP) is 5.07. The number of fused-ring (bicyclic) bond motifs is 5. The zero-order valence-corrected chi connectivity index (χ0v) is 22.4. The number of benzene rings is 2. The van der Waals surface area contributed by atoms with E-state index < -0.39 is 11.6 Å². The average Bonchev–Trinajstić information content (AvgIpc) is 3.65. The molecule has 2 unspecified atom stereocenters. The maximum Gasteiger partial charge on any atom is 0.319 e. The first-order valence-corrected chi connectivity index (χ1v) is 14.5. The normalized spacial score (nSPS) is 23.8. The van der Waals surface area contributed by atoms with Gasteiger partial charge in [-0.3, -0.25) is 9.88 Å². The lowest BCUT2D eigenvalue weighted by atomic mass is 9.95. The Morgan fingerprint density at radius 2 is 1.73 bits per heavy atom. The highest BCUT2D eigenvalue weighted by molar-refractivity contribution is 5.99. The van der Waals surface area contributed by atoms with E-state index in [0.29, 0.717) is 46.2 Å². The van der Waals surface area contributed by atoms with Gasteiger partial charge in [-0.15, -0.1) is 0 Å². The van der Waals surface area contributed by atoms with Crippen molar-refractivity contribution in [1.82, 2.24) is 25.2 Å². The number of halogens is 2. The lowest BCUT2D eigenvalue weighted by Gasteiger charge is -2.34. The minimum absolute atomic E-state index is 0.0229. The second-order valence-corrected chi connectivity index (χ2v) is 11.9. The molecule has 4 aliphatic rings. The monoisotopic (exact) mass is 542 g/mol. The summed E-state index contributed by atoms with van der Waals surface area (Å²) >= 11 is 0. The van der Waals surface area contributed by atoms with E-state index in [-0.39, 0.29) is 22.8 Å². The van der Waals surface area contributed by atoms with Gasteiger partial charge in [-0.1, -0.05) is 30.3 Å². The van der Waals surface area contributed by atoms with Gasteiger partial charge < -0.3 is 15.0 Å². The summed E-state index contributed by atoms with van der Waals surface area (Å²) in [7, 11) is 0. The van der Waals surface area contributed by atoms with Crippen molar-refractivity contribution in [2.45, 2.75) is 56.1 Å². The quantitative estimate of drug-likeness (QED) is 0.378. The van der Waals surface area contributed by atoms with E-state index in [0.717, 1.165) is 51.9 Å². The highest BCUT2D eigenvalue weighted by Gasteiger charge is 2.45. The van der Waals surface area contributed by atoms with E-state index in [9.17, 15) is 4.39 Å². The number of rotatable bonds is 5. The Bertz CT molecular complexity index is 1600. The fourth-order valence-electron chi connectivity index (χ4n) is 7.64. The zero-order chi connectivity index (χ0) is 26.8. The molecule has 4 saturated heterocycles. The van der Waals surface area contributed by atoms with Gasteiger partial charge in [-0.25, -0.2) is 8.78 Å². The van der Waals surface area contributed by atoms with Gasteiger partial charge in [-0.2, -0.15) is 9.97 Å². The molecule has 0 radical (unpaired) electrons. The Morgan fingerprint density at radius 1 is 0.975 bits per heavy atom. The van der Waals surface area contributed by atoms with Crippen LogP contribution in [0.15, 0.2) is 42.6 Å². The van der Waals surface area contributed by atoms with Crippen LogP contribution in [0, 0.1) is 11.6 Å². The number of ether oxygens (including phenoxy) is 1. The molecule has 206 valence electrons. The molecule has 0 saturated carbocycles. The summed E-state index contributed by atoms with van der Waals surface area (Å²) in [6, 6.07) is 11.2. The number of aromatic nitrogens is 3. The molecule has 2 atom stereocenters. The first-order valence-electron chi connectivity index (χ1n) is 14.5. The van der Waals surface area contributed by atoms with Crippen molar-refractivity contribution >= 4 is 27.5 Å². The Labute approximate surface area is 231 Å². The average molecular weight is 543 g/mol. The molecule has 6 heterocycles. The Hall–Kier alpha value is -3.43. The molecule has 2 aromatic heterocycles. The molecule has 2 bridgehead atoms. The molecule has 1 N–H and O–H groups in total. The second-order valence-electron chi connectivity index (χ2n) is 11.9. The highest BCUT2D eigenvalue weighted by atomic mass is 19.1. The van der Waals surface area contributed by atoms with Crippen LogP contribution in [0.1, 0.15) is 38.5 Å². The number of piperazine rings is 1. The lowest BCUT2D eigenvalue weighted by molar-refractivity contribution is 0.108. The Balaban J connectivity index is 1.25. The molecule has 0 amide bonds. The summed E-state index contributed by atoms with van der Waals surface area (Å²) in [6.45, 7) is 4.28. The van der Waals surface area contributed by atoms with E-state index in [1.165, 1.54) is 18.9 Å². The number of nitrogens with one attached hydrogen (secondary N) is 1. The molecular weight excluding hydrogens is 510 g/mol. The fourth-order valence-corrected chi connectivity index (χ4v) is 7.64. The van der Waals surface area contributed by atoms with Crippen LogP contribution in [-0.2, 0) is 0 Å². The number of anilines is 1. The minimum Gasteiger partial charge on any atom is -0.461 e. The first-order chi connectivity index (χ1) is 19.6. The maximum atomic E-state index is 16.5. The molecule has 40 heavy (non-hydrogen) atoms. The molecule has 4 fully saturated rings. The van der Waals surface area contributed by atoms with E-state index in [4.69, 9.17) is 9.72 Å². The molecule has 2 aromatic carbocycles. The first kappa shape index (κ1) is 24.4. The summed E-state index contributed by atoms with van der Waals surface area (Å²) in [4.78, 5) is 18.8. The van der Waals surface area contributed by atoms with Gasteiger partial charge in [-0.05, 0) is 63.1 Å². The summed E-state index contributed by atoms with van der Waals surface area (Å²) in [5.74, 6) is -0.330. The van der Waals surface area contributed by atoms with Crippen LogP contribution < -0.4 is 15.0 Å². The van der Waals surface area contributed by atoms with E-state index in [1.54, 1.807) is 24.4 Å². The molecule has 4 aliphatic heterocycles. The van der Waals surface area contributed by atoms with Crippen LogP contribution >= 0.6 is 0 Å². The number of nitrogens with zero attached hydrogens (tertiary/aromatic N) is 5. The summed E-state index contributed by atoms with van der Waals surface area (Å²) in [5, 5.41) is 5.25. The van der Waals surface area contributed by atoms with Crippen molar-refractivity contribution in [3.63, 3.8) is 0 Å². The summed E-state index contributed by atoms with van der Waals surface area (Å²) in [6.07, 6.45) is 8.42. The zero-order valence-electron chi connectivity index (χ0n) is 22.4. The van der Waals surface area contributed by atoms with Crippen molar-refractivity contribution < 1.29 is 13.5 Å². The van der Waals surface area contributed by atoms with Gasteiger partial charge in [0.25, 0.3) is 0 Å². The number of hydrogen-bond donors (Lipinski definition) is 1. The third-order valence-electron chi connectivity index (χ3n) is 9.55. The van der Waals surface area contributed by atoms with Crippen molar-refractivity contribution in [2.75, 3.05) is 37.7 Å². The number of pyridine rings is 1. The smallest absolute Gasteiger partial charge is 0.319 e. The molecule has 8 rings (SSSR count). The van der Waals surface area contributed by atoms with Gasteiger partial charge in [0.2, 0.25) is 0 Å². The van der Waals surface area contributed by atoms with E-state index in [2.05, 4.69) is 25.1 Å². The predicted molar refractivity (Wildman–Crippen MR) is 151 cm³/mol. The molecule has 0 spiro atoms. The topological polar surface area (TPSA) is 66.4 Å². The molecular formula is C31H32F2N6O. The van der Waals surface area contributed by atoms with E-state index in [1.807, 2.05) is 12.1 Å². The van der Waals surface area contributed by atoms with Gasteiger partial charge in [0.05, 0.1) is 10.9 Å². The summed E-state index contributed by atoms with van der Waals surface area (Å²) < 4.78 is 37.8. The van der Waals surface area contributed by atoms with Crippen LogP contribution in [0.3, 0.4) is 0 Å². The van der Waals surface area contributed by atoms with Crippen LogP contribution in [0.2, 0.25) is 0 Å². The molecule has 7 nitrogen and oxygen atoms in total. The Kier molecular flexibility index (Phi) is 5.67. The second kappa shape index (κ2) is 9.31. The molecule has 0 aliphatic carbocycles.